The molecule has 0 heterocycles. The molecule has 20 heavy (non-hydrogen) atoms. The van der Waals surface area contributed by atoms with Crippen molar-refractivity contribution in [3.63, 3.8) is 0 Å². The van der Waals surface area contributed by atoms with Gasteiger partial charge in [0.1, 0.15) is 0 Å². The summed E-state index contributed by atoms with van der Waals surface area (Å²) in [5, 5.41) is 10.4. The molecule has 0 aliphatic heterocycles. The van der Waals surface area contributed by atoms with Gasteiger partial charge in [0.05, 0.1) is 12.0 Å². The van der Waals surface area contributed by atoms with Crippen LogP contribution in [-0.2, 0) is 4.79 Å². The average Bonchev–Trinajstić information content (AvgIpc) is 2.39. The number of rotatable bonds is 14. The summed E-state index contributed by atoms with van der Waals surface area (Å²) in [7, 11) is 0. The number of carboxylic acids is 1. The van der Waals surface area contributed by atoms with Crippen LogP contribution in [-0.4, -0.2) is 18.6 Å². The fourth-order valence-corrected chi connectivity index (χ4v) is 1.99. The molecular weight excluding hydrogens is 263 g/mol. The van der Waals surface area contributed by atoms with E-state index in [0.29, 0.717) is 0 Å². The van der Waals surface area contributed by atoms with E-state index in [0.717, 1.165) is 13.0 Å². The van der Waals surface area contributed by atoms with Gasteiger partial charge in [-0.2, -0.15) is 0 Å². The van der Waals surface area contributed by atoms with E-state index in [2.05, 4.69) is 17.8 Å². The number of hydrogen-bond donors (Lipinski definition) is 2. The molecule has 2 N–H and O–H groups in total. The molecular formula is C15H31N2NaO2. The summed E-state index contributed by atoms with van der Waals surface area (Å²) in [6.07, 6.45) is 13.1. The third-order valence-corrected chi connectivity index (χ3v) is 3.33. The van der Waals surface area contributed by atoms with E-state index >= 15 is 0 Å². The van der Waals surface area contributed by atoms with Gasteiger partial charge in [-0.3, -0.25) is 5.43 Å². The maximum atomic E-state index is 10.4. The molecule has 0 aromatic heterocycles. The Morgan fingerprint density at radius 1 is 0.950 bits per heavy atom. The normalized spacial score (nSPS) is 11.9. The quantitative estimate of drug-likeness (QED) is 0.249. The summed E-state index contributed by atoms with van der Waals surface area (Å²) in [5.41, 5.74) is 5.62. The predicted octanol–water partition coefficient (Wildman–Crippen LogP) is -0.856. The molecule has 5 heteroatoms. The maximum Gasteiger partial charge on any atom is 1.00 e. The van der Waals surface area contributed by atoms with Gasteiger partial charge in [-0.15, -0.1) is 0 Å². The average molecular weight is 294 g/mol. The third-order valence-electron chi connectivity index (χ3n) is 3.33. The Kier molecular flexibility index (Phi) is 19.8. The number of hydrazine groups is 1. The minimum Gasteiger partial charge on any atom is -0.548 e. The second kappa shape index (κ2) is 17.4. The van der Waals surface area contributed by atoms with Crippen molar-refractivity contribution in [2.24, 2.45) is 0 Å². The van der Waals surface area contributed by atoms with Crippen molar-refractivity contribution in [3.05, 3.63) is 0 Å². The van der Waals surface area contributed by atoms with E-state index < -0.39 is 12.0 Å². The summed E-state index contributed by atoms with van der Waals surface area (Å²) < 4.78 is 0. The third kappa shape index (κ3) is 16.4. The first kappa shape index (κ1) is 22.7. The molecule has 0 aromatic rings. The van der Waals surface area contributed by atoms with Gasteiger partial charge in [0, 0.05) is 6.54 Å². The van der Waals surface area contributed by atoms with Crippen LogP contribution in [0.15, 0.2) is 0 Å². The minimum absolute atomic E-state index is 0. The van der Waals surface area contributed by atoms with Gasteiger partial charge in [0.2, 0.25) is 0 Å². The second-order valence-corrected chi connectivity index (χ2v) is 5.29. The monoisotopic (exact) mass is 294 g/mol. The van der Waals surface area contributed by atoms with E-state index in [4.69, 9.17) is 0 Å². The predicted molar refractivity (Wildman–Crippen MR) is 77.5 cm³/mol. The van der Waals surface area contributed by atoms with E-state index in [1.54, 1.807) is 6.92 Å². The number of unbranched alkanes of at least 4 members (excludes halogenated alkanes) is 9. The van der Waals surface area contributed by atoms with Crippen molar-refractivity contribution >= 4 is 5.97 Å². The van der Waals surface area contributed by atoms with Crippen LogP contribution in [0.5, 0.6) is 0 Å². The number of carbonyl (C=O) groups excluding carboxylic acids is 1. The molecule has 4 nitrogen and oxygen atoms in total. The van der Waals surface area contributed by atoms with Gasteiger partial charge < -0.3 is 9.90 Å². The van der Waals surface area contributed by atoms with Crippen LogP contribution in [0.2, 0.25) is 0 Å². The van der Waals surface area contributed by atoms with Crippen molar-refractivity contribution in [2.45, 2.75) is 84.1 Å². The smallest absolute Gasteiger partial charge is 0.548 e. The van der Waals surface area contributed by atoms with Crippen LogP contribution in [0, 0.1) is 0 Å². The molecule has 0 saturated heterocycles. The zero-order valence-electron chi connectivity index (χ0n) is 13.7. The van der Waals surface area contributed by atoms with E-state index in [-0.39, 0.29) is 29.6 Å². The van der Waals surface area contributed by atoms with E-state index in [1.807, 2.05) is 0 Å². The van der Waals surface area contributed by atoms with Crippen LogP contribution in [0.1, 0.15) is 78.1 Å². The number of carboxylic acid groups (broad SMARTS) is 1. The van der Waals surface area contributed by atoms with Crippen molar-refractivity contribution in [2.75, 3.05) is 6.54 Å². The largest absolute Gasteiger partial charge is 1.00 e. The van der Waals surface area contributed by atoms with Crippen molar-refractivity contribution < 1.29 is 39.5 Å². The van der Waals surface area contributed by atoms with Gasteiger partial charge in [-0.1, -0.05) is 64.7 Å². The minimum atomic E-state index is -1.07. The summed E-state index contributed by atoms with van der Waals surface area (Å²) in [5.74, 6) is -1.07. The first-order chi connectivity index (χ1) is 9.18. The molecule has 114 valence electrons. The summed E-state index contributed by atoms with van der Waals surface area (Å²) in [6.45, 7) is 4.63. The van der Waals surface area contributed by atoms with Gasteiger partial charge in [-0.05, 0) is 13.3 Å². The Balaban J connectivity index is 0. The Morgan fingerprint density at radius 3 is 1.85 bits per heavy atom. The molecule has 0 saturated carbocycles. The molecule has 0 aliphatic rings. The first-order valence-corrected chi connectivity index (χ1v) is 7.87. The van der Waals surface area contributed by atoms with Crippen molar-refractivity contribution in [1.82, 2.24) is 10.9 Å². The van der Waals surface area contributed by atoms with Crippen molar-refractivity contribution in [3.8, 4) is 0 Å². The molecule has 0 aromatic carbocycles. The Morgan fingerprint density at radius 2 is 1.40 bits per heavy atom. The molecule has 0 aliphatic carbocycles. The zero-order valence-corrected chi connectivity index (χ0v) is 15.7. The fourth-order valence-electron chi connectivity index (χ4n) is 1.99. The topological polar surface area (TPSA) is 64.2 Å². The van der Waals surface area contributed by atoms with E-state index in [9.17, 15) is 9.90 Å². The number of aliphatic carboxylic acids is 1. The SMILES string of the molecule is CCCCCCCCCCCCNN[C@@H](C)C(=O)[O-].[Na+]. The summed E-state index contributed by atoms with van der Waals surface area (Å²) in [6, 6.07) is -0.636. The molecule has 0 spiro atoms. The summed E-state index contributed by atoms with van der Waals surface area (Å²) in [4.78, 5) is 10.4. The Hall–Kier alpha value is 0.390. The molecule has 0 amide bonds. The number of nitrogens with one attached hydrogen (secondary N) is 2. The Bertz CT molecular complexity index is 216. The maximum absolute atomic E-state index is 10.4. The van der Waals surface area contributed by atoms with Crippen LogP contribution in [0.4, 0.5) is 0 Å². The Labute approximate surface area is 146 Å². The molecule has 0 bridgehead atoms. The van der Waals surface area contributed by atoms with Gasteiger partial charge in [-0.25, -0.2) is 5.43 Å². The van der Waals surface area contributed by atoms with Crippen molar-refractivity contribution in [1.29, 1.82) is 0 Å². The van der Waals surface area contributed by atoms with Gasteiger partial charge in [0.25, 0.3) is 0 Å². The van der Waals surface area contributed by atoms with E-state index in [1.165, 1.54) is 57.8 Å². The molecule has 1 atom stereocenters. The second-order valence-electron chi connectivity index (χ2n) is 5.29. The molecule has 0 unspecified atom stereocenters. The van der Waals surface area contributed by atoms with Gasteiger partial charge >= 0.3 is 29.6 Å². The molecule has 0 fully saturated rings. The first-order valence-electron chi connectivity index (χ1n) is 7.87. The number of hydrogen-bond acceptors (Lipinski definition) is 4. The summed E-state index contributed by atoms with van der Waals surface area (Å²) >= 11 is 0. The molecule has 0 rings (SSSR count). The number of carbonyl (C=O) groups is 1. The van der Waals surface area contributed by atoms with Crippen LogP contribution in [0.3, 0.4) is 0 Å². The standard InChI is InChI=1S/C15H32N2O2.Na/c1-3-4-5-6-7-8-9-10-11-12-13-16-17-14(2)15(18)19;/h14,16-17H,3-13H2,1-2H3,(H,18,19);/q;+1/p-1/t14-;/m0./s1. The zero-order chi connectivity index (χ0) is 14.3. The van der Waals surface area contributed by atoms with Crippen LogP contribution in [0.25, 0.3) is 0 Å². The fraction of sp³-hybridized carbons (Fsp3) is 0.933. The van der Waals surface area contributed by atoms with Gasteiger partial charge in [0.15, 0.2) is 0 Å². The van der Waals surface area contributed by atoms with Crippen LogP contribution < -0.4 is 45.5 Å². The molecule has 0 radical (unpaired) electrons. The van der Waals surface area contributed by atoms with Crippen LogP contribution >= 0.6 is 0 Å².